The molecular weight excluding hydrogens is 338 g/mol. The smallest absolute Gasteiger partial charge is 0.261 e. The van der Waals surface area contributed by atoms with Gasteiger partial charge in [-0.05, 0) is 38.1 Å². The summed E-state index contributed by atoms with van der Waals surface area (Å²) >= 11 is 0. The van der Waals surface area contributed by atoms with Gasteiger partial charge in [0.15, 0.2) is 11.6 Å². The second-order valence-corrected chi connectivity index (χ2v) is 6.57. The van der Waals surface area contributed by atoms with Crippen molar-refractivity contribution >= 4 is 11.6 Å². The highest BCUT2D eigenvalue weighted by atomic mass is 19.2. The first-order valence-corrected chi connectivity index (χ1v) is 8.57. The highest BCUT2D eigenvalue weighted by Crippen LogP contribution is 2.27. The van der Waals surface area contributed by atoms with Gasteiger partial charge in [0.1, 0.15) is 11.3 Å². The molecule has 1 amide bonds. The van der Waals surface area contributed by atoms with E-state index in [4.69, 9.17) is 4.74 Å². The number of carbonyl (C=O) groups excluding carboxylic acids is 1. The molecule has 2 aromatic carbocycles. The van der Waals surface area contributed by atoms with Crippen molar-refractivity contribution in [2.45, 2.75) is 19.9 Å². The van der Waals surface area contributed by atoms with E-state index < -0.39 is 17.5 Å². The third kappa shape index (κ3) is 3.36. The third-order valence-corrected chi connectivity index (χ3v) is 4.78. The van der Waals surface area contributed by atoms with Gasteiger partial charge in [-0.2, -0.15) is 0 Å². The number of hydrogen-bond acceptors (Lipinski definition) is 3. The second-order valence-electron chi connectivity index (χ2n) is 6.57. The van der Waals surface area contributed by atoms with E-state index in [1.54, 1.807) is 4.90 Å². The number of amides is 1. The van der Waals surface area contributed by atoms with E-state index in [1.807, 2.05) is 26.0 Å². The summed E-state index contributed by atoms with van der Waals surface area (Å²) in [6.07, 6.45) is 0. The highest BCUT2D eigenvalue weighted by molar-refractivity contribution is 5.97. The molecule has 6 heteroatoms. The maximum atomic E-state index is 14.2. The summed E-state index contributed by atoms with van der Waals surface area (Å²) < 4.78 is 32.9. The number of piperazine rings is 1. The van der Waals surface area contributed by atoms with Crippen LogP contribution in [-0.2, 0) is 0 Å². The Morgan fingerprint density at radius 2 is 1.81 bits per heavy atom. The molecule has 1 atom stereocenters. The number of halogens is 2. The van der Waals surface area contributed by atoms with Gasteiger partial charge in [-0.1, -0.05) is 17.7 Å². The zero-order valence-corrected chi connectivity index (χ0v) is 15.1. The van der Waals surface area contributed by atoms with Gasteiger partial charge in [-0.25, -0.2) is 8.78 Å². The molecule has 26 heavy (non-hydrogen) atoms. The van der Waals surface area contributed by atoms with Crippen LogP contribution in [0.15, 0.2) is 36.4 Å². The van der Waals surface area contributed by atoms with Gasteiger partial charge >= 0.3 is 0 Å². The van der Waals surface area contributed by atoms with Gasteiger partial charge < -0.3 is 14.5 Å². The lowest BCUT2D eigenvalue weighted by molar-refractivity contribution is 0.0664. The molecule has 0 aromatic heterocycles. The SMILES string of the molecule is COc1ccc(F)c(F)c1C(=O)N1CCN(c2ccc(C)cc2)C[C@@H]1C. The molecule has 0 unspecified atom stereocenters. The summed E-state index contributed by atoms with van der Waals surface area (Å²) in [5.41, 5.74) is 1.93. The van der Waals surface area contributed by atoms with E-state index in [0.717, 1.165) is 11.8 Å². The van der Waals surface area contributed by atoms with Crippen LogP contribution in [0.5, 0.6) is 5.75 Å². The Hall–Kier alpha value is -2.63. The number of ether oxygens (including phenoxy) is 1. The number of benzene rings is 2. The first-order valence-electron chi connectivity index (χ1n) is 8.57. The fourth-order valence-electron chi connectivity index (χ4n) is 3.30. The molecule has 1 fully saturated rings. The van der Waals surface area contributed by atoms with Crippen molar-refractivity contribution in [1.82, 2.24) is 4.90 Å². The number of hydrogen-bond donors (Lipinski definition) is 0. The molecule has 3 rings (SSSR count). The van der Waals surface area contributed by atoms with Crippen LogP contribution in [-0.4, -0.2) is 43.6 Å². The van der Waals surface area contributed by atoms with E-state index >= 15 is 0 Å². The summed E-state index contributed by atoms with van der Waals surface area (Å²) in [5.74, 6) is -2.72. The fourth-order valence-corrected chi connectivity index (χ4v) is 3.30. The number of methoxy groups -OCH3 is 1. The van der Waals surface area contributed by atoms with Crippen LogP contribution < -0.4 is 9.64 Å². The molecule has 0 saturated carbocycles. The van der Waals surface area contributed by atoms with E-state index in [-0.39, 0.29) is 17.4 Å². The molecule has 0 spiro atoms. The molecule has 1 aliphatic heterocycles. The highest BCUT2D eigenvalue weighted by Gasteiger charge is 2.32. The molecule has 0 aliphatic carbocycles. The molecule has 1 heterocycles. The number of carbonyl (C=O) groups is 1. The van der Waals surface area contributed by atoms with Crippen LogP contribution in [0, 0.1) is 18.6 Å². The molecule has 0 radical (unpaired) electrons. The Morgan fingerprint density at radius 3 is 2.42 bits per heavy atom. The number of rotatable bonds is 3. The lowest BCUT2D eigenvalue weighted by Gasteiger charge is -2.41. The van der Waals surface area contributed by atoms with Gasteiger partial charge in [-0.15, -0.1) is 0 Å². The molecule has 1 aliphatic rings. The zero-order valence-electron chi connectivity index (χ0n) is 15.1. The predicted octanol–water partition coefficient (Wildman–Crippen LogP) is 3.63. The number of nitrogens with zero attached hydrogens (tertiary/aromatic N) is 2. The standard InChI is InChI=1S/C20H22F2N2O2/c1-13-4-6-15(7-5-13)23-10-11-24(14(2)12-23)20(25)18-17(26-3)9-8-16(21)19(18)22/h4-9,14H,10-12H2,1-3H3/t14-/m0/s1. The van der Waals surface area contributed by atoms with Crippen molar-refractivity contribution in [3.63, 3.8) is 0 Å². The van der Waals surface area contributed by atoms with Crippen molar-refractivity contribution in [1.29, 1.82) is 0 Å². The molecule has 2 aromatic rings. The maximum absolute atomic E-state index is 14.2. The molecule has 4 nitrogen and oxygen atoms in total. The lowest BCUT2D eigenvalue weighted by Crippen LogP contribution is -2.54. The Morgan fingerprint density at radius 1 is 1.12 bits per heavy atom. The van der Waals surface area contributed by atoms with Gasteiger partial charge in [0.05, 0.1) is 7.11 Å². The predicted molar refractivity (Wildman–Crippen MR) is 96.8 cm³/mol. The lowest BCUT2D eigenvalue weighted by atomic mass is 10.1. The average Bonchev–Trinajstić information content (AvgIpc) is 2.64. The quantitative estimate of drug-likeness (QED) is 0.838. The summed E-state index contributed by atoms with van der Waals surface area (Å²) in [6.45, 7) is 5.60. The van der Waals surface area contributed by atoms with Crippen molar-refractivity contribution < 1.29 is 18.3 Å². The maximum Gasteiger partial charge on any atom is 0.261 e. The topological polar surface area (TPSA) is 32.8 Å². The van der Waals surface area contributed by atoms with E-state index in [0.29, 0.717) is 19.6 Å². The van der Waals surface area contributed by atoms with Crippen LogP contribution in [0.1, 0.15) is 22.8 Å². The van der Waals surface area contributed by atoms with Crippen molar-refractivity contribution in [3.8, 4) is 5.75 Å². The van der Waals surface area contributed by atoms with E-state index in [9.17, 15) is 13.6 Å². The normalized spacial score (nSPS) is 17.3. The summed E-state index contributed by atoms with van der Waals surface area (Å²) in [5, 5.41) is 0. The Kier molecular flexibility index (Phi) is 5.11. The summed E-state index contributed by atoms with van der Waals surface area (Å²) in [7, 11) is 1.34. The van der Waals surface area contributed by atoms with Gasteiger partial charge in [-0.3, -0.25) is 4.79 Å². The second kappa shape index (κ2) is 7.32. The monoisotopic (exact) mass is 360 g/mol. The minimum Gasteiger partial charge on any atom is -0.496 e. The average molecular weight is 360 g/mol. The van der Waals surface area contributed by atoms with Crippen LogP contribution in [0.3, 0.4) is 0 Å². The van der Waals surface area contributed by atoms with Crippen LogP contribution in [0.25, 0.3) is 0 Å². The first-order chi connectivity index (χ1) is 12.4. The van der Waals surface area contributed by atoms with Gasteiger partial charge in [0.25, 0.3) is 5.91 Å². The Labute approximate surface area is 152 Å². The minimum absolute atomic E-state index is 0.0436. The first kappa shape index (κ1) is 18.2. The number of anilines is 1. The largest absolute Gasteiger partial charge is 0.496 e. The van der Waals surface area contributed by atoms with Crippen molar-refractivity contribution in [2.75, 3.05) is 31.6 Å². The van der Waals surface area contributed by atoms with E-state index in [1.165, 1.54) is 18.7 Å². The molecule has 138 valence electrons. The Balaban J connectivity index is 1.81. The molecular formula is C20H22F2N2O2. The number of aryl methyl sites for hydroxylation is 1. The van der Waals surface area contributed by atoms with Gasteiger partial charge in [0, 0.05) is 31.4 Å². The summed E-state index contributed by atoms with van der Waals surface area (Å²) in [6, 6.07) is 10.3. The van der Waals surface area contributed by atoms with E-state index in [2.05, 4.69) is 17.0 Å². The van der Waals surface area contributed by atoms with Crippen molar-refractivity contribution in [2.24, 2.45) is 0 Å². The van der Waals surface area contributed by atoms with Gasteiger partial charge in [0.2, 0.25) is 0 Å². The van der Waals surface area contributed by atoms with Crippen LogP contribution in [0.2, 0.25) is 0 Å². The van der Waals surface area contributed by atoms with Crippen LogP contribution in [0.4, 0.5) is 14.5 Å². The van der Waals surface area contributed by atoms with Crippen LogP contribution >= 0.6 is 0 Å². The fraction of sp³-hybridized carbons (Fsp3) is 0.350. The zero-order chi connectivity index (χ0) is 18.8. The molecule has 0 N–H and O–H groups in total. The molecule has 0 bridgehead atoms. The minimum atomic E-state index is -1.16. The van der Waals surface area contributed by atoms with Crippen molar-refractivity contribution in [3.05, 3.63) is 59.2 Å². The third-order valence-electron chi connectivity index (χ3n) is 4.78. The molecule has 1 saturated heterocycles. The Bertz CT molecular complexity index is 808. The summed E-state index contributed by atoms with van der Waals surface area (Å²) in [4.78, 5) is 16.6.